The third kappa shape index (κ3) is 10.7. The molecule has 0 bridgehead atoms. The molecule has 0 aromatic carbocycles. The van der Waals surface area contributed by atoms with Gasteiger partial charge in [-0.1, -0.05) is 6.92 Å². The highest BCUT2D eigenvalue weighted by molar-refractivity contribution is 5.83. The van der Waals surface area contributed by atoms with E-state index < -0.39 is 18.6 Å². The quantitative estimate of drug-likeness (QED) is 0.394. The van der Waals surface area contributed by atoms with Crippen molar-refractivity contribution in [2.75, 3.05) is 32.8 Å². The first-order chi connectivity index (χ1) is 8.56. The van der Waals surface area contributed by atoms with Crippen molar-refractivity contribution in [2.24, 2.45) is 0 Å². The smallest absolute Gasteiger partial charge is 0.329 e. The summed E-state index contributed by atoms with van der Waals surface area (Å²) in [6, 6.07) is -0.499. The lowest BCUT2D eigenvalue weighted by Crippen LogP contribution is -2.43. The Kier molecular flexibility index (Phi) is 9.28. The summed E-state index contributed by atoms with van der Waals surface area (Å²) in [6.07, 6.45) is 0.832. The number of carboxylic acid groups (broad SMARTS) is 1. The van der Waals surface area contributed by atoms with Gasteiger partial charge in [0, 0.05) is 13.1 Å². The molecule has 0 fully saturated rings. The van der Waals surface area contributed by atoms with E-state index in [9.17, 15) is 14.4 Å². The molecule has 104 valence electrons. The molecule has 0 saturated heterocycles. The molecule has 0 heterocycles. The largest absolute Gasteiger partial charge is 0.480 e. The lowest BCUT2D eigenvalue weighted by Gasteiger charge is -2.07. The van der Waals surface area contributed by atoms with Crippen molar-refractivity contribution >= 4 is 17.9 Å². The van der Waals surface area contributed by atoms with E-state index in [0.29, 0.717) is 6.54 Å². The summed E-state index contributed by atoms with van der Waals surface area (Å²) >= 11 is 0. The highest BCUT2D eigenvalue weighted by Gasteiger charge is 2.03. The summed E-state index contributed by atoms with van der Waals surface area (Å²) in [6.45, 7) is 2.28. The molecule has 0 radical (unpaired) electrons. The Morgan fingerprint density at radius 1 is 1.11 bits per heavy atom. The molecule has 8 heteroatoms. The van der Waals surface area contributed by atoms with Crippen LogP contribution in [-0.4, -0.2) is 55.9 Å². The second kappa shape index (κ2) is 10.3. The van der Waals surface area contributed by atoms with E-state index in [2.05, 4.69) is 16.0 Å². The number of carbonyl (C=O) groups is 3. The lowest BCUT2D eigenvalue weighted by atomic mass is 10.4. The summed E-state index contributed by atoms with van der Waals surface area (Å²) in [5.41, 5.74) is 0. The fraction of sp³-hybridized carbons (Fsp3) is 0.700. The third-order valence-corrected chi connectivity index (χ3v) is 1.74. The number of rotatable bonds is 9. The van der Waals surface area contributed by atoms with Gasteiger partial charge in [-0.3, -0.25) is 4.79 Å². The van der Waals surface area contributed by atoms with E-state index in [0.717, 1.165) is 6.42 Å². The highest BCUT2D eigenvalue weighted by atomic mass is 16.5. The maximum absolute atomic E-state index is 11.1. The van der Waals surface area contributed by atoms with Crippen molar-refractivity contribution in [2.45, 2.75) is 13.3 Å². The summed E-state index contributed by atoms with van der Waals surface area (Å²) in [5, 5.41) is 15.7. The zero-order valence-electron chi connectivity index (χ0n) is 10.3. The first-order valence-corrected chi connectivity index (χ1v) is 5.64. The predicted molar refractivity (Wildman–Crippen MR) is 63.2 cm³/mol. The molecular weight excluding hydrogens is 242 g/mol. The van der Waals surface area contributed by atoms with Crippen LogP contribution in [0.15, 0.2) is 0 Å². The van der Waals surface area contributed by atoms with Crippen LogP contribution in [0.1, 0.15) is 13.3 Å². The van der Waals surface area contributed by atoms with Crippen molar-refractivity contribution in [3.8, 4) is 0 Å². The molecule has 3 amide bonds. The number of urea groups is 1. The lowest BCUT2D eigenvalue weighted by molar-refractivity contribution is -0.142. The monoisotopic (exact) mass is 261 g/mol. The van der Waals surface area contributed by atoms with Crippen molar-refractivity contribution in [3.63, 3.8) is 0 Å². The molecule has 0 saturated carbocycles. The number of carbonyl (C=O) groups excluding carboxylic acids is 2. The van der Waals surface area contributed by atoms with Crippen LogP contribution in [0.4, 0.5) is 4.79 Å². The molecule has 0 aliphatic rings. The van der Waals surface area contributed by atoms with Gasteiger partial charge in [0.25, 0.3) is 0 Å². The fourth-order valence-corrected chi connectivity index (χ4v) is 0.946. The fourth-order valence-electron chi connectivity index (χ4n) is 0.946. The Morgan fingerprint density at radius 3 is 2.44 bits per heavy atom. The SMILES string of the molecule is CCCNC(=O)CNC(=O)NCCOCC(=O)O. The molecule has 0 aliphatic carbocycles. The number of nitrogens with one attached hydrogen (secondary N) is 3. The Bertz CT molecular complexity index is 283. The Hall–Kier alpha value is -1.83. The van der Waals surface area contributed by atoms with E-state index in [1.807, 2.05) is 6.92 Å². The maximum atomic E-state index is 11.1. The average Bonchev–Trinajstić information content (AvgIpc) is 2.33. The average molecular weight is 261 g/mol. The number of aliphatic carboxylic acids is 1. The molecule has 0 unspecified atom stereocenters. The first kappa shape index (κ1) is 16.2. The molecular formula is C10H19N3O5. The number of carboxylic acids is 1. The van der Waals surface area contributed by atoms with Crippen LogP contribution in [0.3, 0.4) is 0 Å². The van der Waals surface area contributed by atoms with Gasteiger partial charge in [-0.2, -0.15) is 0 Å². The topological polar surface area (TPSA) is 117 Å². The molecule has 0 rings (SSSR count). The van der Waals surface area contributed by atoms with Gasteiger partial charge in [0.05, 0.1) is 13.2 Å². The van der Waals surface area contributed by atoms with Gasteiger partial charge in [-0.25, -0.2) is 9.59 Å². The van der Waals surface area contributed by atoms with E-state index in [1.165, 1.54) is 0 Å². The van der Waals surface area contributed by atoms with Crippen molar-refractivity contribution < 1.29 is 24.2 Å². The summed E-state index contributed by atoms with van der Waals surface area (Å²) in [5.74, 6) is -1.32. The van der Waals surface area contributed by atoms with Gasteiger partial charge < -0.3 is 25.8 Å². The van der Waals surface area contributed by atoms with Crippen LogP contribution in [-0.2, 0) is 14.3 Å². The second-order valence-electron chi connectivity index (χ2n) is 3.41. The molecule has 0 aromatic rings. The Labute approximate surface area is 105 Å². The van der Waals surface area contributed by atoms with E-state index in [-0.39, 0.29) is 25.6 Å². The molecule has 0 spiro atoms. The minimum atomic E-state index is -1.06. The van der Waals surface area contributed by atoms with Crippen LogP contribution in [0, 0.1) is 0 Å². The van der Waals surface area contributed by atoms with Crippen molar-refractivity contribution in [3.05, 3.63) is 0 Å². The second-order valence-corrected chi connectivity index (χ2v) is 3.41. The number of hydrogen-bond donors (Lipinski definition) is 4. The number of ether oxygens (including phenoxy) is 1. The minimum Gasteiger partial charge on any atom is -0.480 e. The number of hydrogen-bond acceptors (Lipinski definition) is 4. The molecule has 4 N–H and O–H groups in total. The minimum absolute atomic E-state index is 0.0954. The van der Waals surface area contributed by atoms with E-state index in [4.69, 9.17) is 9.84 Å². The third-order valence-electron chi connectivity index (χ3n) is 1.74. The highest BCUT2D eigenvalue weighted by Crippen LogP contribution is 1.75. The first-order valence-electron chi connectivity index (χ1n) is 5.64. The van der Waals surface area contributed by atoms with Crippen molar-refractivity contribution in [1.29, 1.82) is 0 Å². The van der Waals surface area contributed by atoms with Crippen LogP contribution in [0.5, 0.6) is 0 Å². The molecule has 0 aliphatic heterocycles. The number of amides is 3. The van der Waals surface area contributed by atoms with Crippen molar-refractivity contribution in [1.82, 2.24) is 16.0 Å². The standard InChI is InChI=1S/C10H19N3O5/c1-2-3-11-8(14)6-13-10(17)12-4-5-18-7-9(15)16/h2-7H2,1H3,(H,11,14)(H,15,16)(H2,12,13,17). The van der Waals surface area contributed by atoms with Gasteiger partial charge in [0.1, 0.15) is 6.61 Å². The van der Waals surface area contributed by atoms with Crippen LogP contribution in [0.2, 0.25) is 0 Å². The molecule has 0 atom stereocenters. The molecule has 8 nitrogen and oxygen atoms in total. The molecule has 18 heavy (non-hydrogen) atoms. The maximum Gasteiger partial charge on any atom is 0.329 e. The van der Waals surface area contributed by atoms with Crippen LogP contribution < -0.4 is 16.0 Å². The molecule has 0 aromatic heterocycles. The Balaban J connectivity index is 3.42. The Morgan fingerprint density at radius 2 is 1.83 bits per heavy atom. The summed E-state index contributed by atoms with van der Waals surface area (Å²) in [7, 11) is 0. The van der Waals surface area contributed by atoms with Gasteiger partial charge in [-0.15, -0.1) is 0 Å². The zero-order chi connectivity index (χ0) is 13.8. The van der Waals surface area contributed by atoms with Gasteiger partial charge >= 0.3 is 12.0 Å². The van der Waals surface area contributed by atoms with Gasteiger partial charge in [0.2, 0.25) is 5.91 Å². The predicted octanol–water partition coefficient (Wildman–Crippen LogP) is -1.09. The zero-order valence-corrected chi connectivity index (χ0v) is 10.3. The van der Waals surface area contributed by atoms with Crippen LogP contribution in [0.25, 0.3) is 0 Å². The summed E-state index contributed by atoms with van der Waals surface area (Å²) < 4.78 is 4.70. The normalized spacial score (nSPS) is 9.61. The van der Waals surface area contributed by atoms with Gasteiger partial charge in [0.15, 0.2) is 0 Å². The summed E-state index contributed by atoms with van der Waals surface area (Å²) in [4.78, 5) is 32.3. The van der Waals surface area contributed by atoms with E-state index >= 15 is 0 Å². The van der Waals surface area contributed by atoms with Crippen LogP contribution >= 0.6 is 0 Å². The van der Waals surface area contributed by atoms with E-state index in [1.54, 1.807) is 0 Å². The van der Waals surface area contributed by atoms with Gasteiger partial charge in [-0.05, 0) is 6.42 Å².